The Morgan fingerprint density at radius 2 is 1.89 bits per heavy atom. The molecule has 0 aromatic carbocycles. The molecule has 2 N–H and O–H groups in total. The second-order valence-electron chi connectivity index (χ2n) is 5.63. The lowest BCUT2D eigenvalue weighted by Gasteiger charge is -2.34. The molecule has 0 spiro atoms. The molecule has 1 amide bonds. The lowest BCUT2D eigenvalue weighted by molar-refractivity contribution is -0.122. The summed E-state index contributed by atoms with van der Waals surface area (Å²) in [5.41, 5.74) is 0. The number of carbonyl (C=O) groups excluding carboxylic acids is 1. The van der Waals surface area contributed by atoms with Crippen LogP contribution < -0.4 is 10.6 Å². The summed E-state index contributed by atoms with van der Waals surface area (Å²) in [6.45, 7) is 4.40. The molecule has 0 bridgehead atoms. The van der Waals surface area contributed by atoms with Crippen LogP contribution in [0.2, 0.25) is 0 Å². The van der Waals surface area contributed by atoms with Gasteiger partial charge in [-0.3, -0.25) is 9.69 Å². The maximum atomic E-state index is 11.3. The monoisotopic (exact) mass is 269 g/mol. The fraction of sp³-hybridized carbons (Fsp3) is 0.929. The van der Waals surface area contributed by atoms with Crippen LogP contribution in [-0.4, -0.2) is 62.8 Å². The smallest absolute Gasteiger partial charge is 0.233 e. The maximum Gasteiger partial charge on any atom is 0.233 e. The predicted molar refractivity (Wildman–Crippen MR) is 75.1 cm³/mol. The molecule has 5 heteroatoms. The van der Waals surface area contributed by atoms with Gasteiger partial charge in [0, 0.05) is 45.4 Å². The third-order valence-corrected chi connectivity index (χ3v) is 4.16. The molecule has 1 atom stereocenters. The number of amides is 1. The molecule has 2 fully saturated rings. The zero-order valence-corrected chi connectivity index (χ0v) is 12.0. The summed E-state index contributed by atoms with van der Waals surface area (Å²) in [7, 11) is 1.70. The number of ether oxygens (including phenoxy) is 1. The Hall–Kier alpha value is -0.650. The van der Waals surface area contributed by atoms with Gasteiger partial charge in [0.25, 0.3) is 0 Å². The van der Waals surface area contributed by atoms with Crippen LogP contribution in [0.25, 0.3) is 0 Å². The highest BCUT2D eigenvalue weighted by molar-refractivity contribution is 5.77. The van der Waals surface area contributed by atoms with E-state index < -0.39 is 0 Å². The quantitative estimate of drug-likeness (QED) is 0.773. The third-order valence-electron chi connectivity index (χ3n) is 4.16. The van der Waals surface area contributed by atoms with E-state index in [2.05, 4.69) is 15.5 Å². The van der Waals surface area contributed by atoms with E-state index in [1.807, 2.05) is 0 Å². The van der Waals surface area contributed by atoms with Crippen molar-refractivity contribution < 1.29 is 9.53 Å². The number of nitrogens with zero attached hydrogens (tertiary/aromatic N) is 1. The topological polar surface area (TPSA) is 53.6 Å². The van der Waals surface area contributed by atoms with E-state index in [0.29, 0.717) is 18.6 Å². The Morgan fingerprint density at radius 3 is 2.63 bits per heavy atom. The second-order valence-corrected chi connectivity index (χ2v) is 5.63. The summed E-state index contributed by atoms with van der Waals surface area (Å²) in [4.78, 5) is 13.6. The van der Waals surface area contributed by atoms with Crippen molar-refractivity contribution in [3.8, 4) is 0 Å². The Morgan fingerprint density at radius 1 is 1.16 bits per heavy atom. The molecule has 2 saturated heterocycles. The third kappa shape index (κ3) is 5.09. The summed E-state index contributed by atoms with van der Waals surface area (Å²) in [5.74, 6) is 0.118. The Balaban J connectivity index is 1.66. The Bertz CT molecular complexity index is 270. The van der Waals surface area contributed by atoms with E-state index in [9.17, 15) is 4.79 Å². The highest BCUT2D eigenvalue weighted by atomic mass is 16.5. The molecule has 0 aromatic heterocycles. The van der Waals surface area contributed by atoms with Gasteiger partial charge in [0.15, 0.2) is 0 Å². The fourth-order valence-corrected chi connectivity index (χ4v) is 2.94. The number of piperidine rings is 1. The molecule has 1 unspecified atom stereocenters. The van der Waals surface area contributed by atoms with E-state index in [-0.39, 0.29) is 5.91 Å². The predicted octanol–water partition coefficient (Wildman–Crippen LogP) is 0.356. The summed E-state index contributed by atoms with van der Waals surface area (Å²) in [6.07, 6.45) is 5.84. The molecule has 0 aliphatic carbocycles. The summed E-state index contributed by atoms with van der Waals surface area (Å²) >= 11 is 0. The normalized spacial score (nSPS) is 26.9. The van der Waals surface area contributed by atoms with Crippen molar-refractivity contribution in [3.63, 3.8) is 0 Å². The number of likely N-dealkylation sites (N-methyl/N-ethyl adjacent to an activating group) is 1. The van der Waals surface area contributed by atoms with Crippen LogP contribution >= 0.6 is 0 Å². The maximum absolute atomic E-state index is 11.3. The first-order valence-corrected chi connectivity index (χ1v) is 7.54. The minimum atomic E-state index is 0.118. The van der Waals surface area contributed by atoms with Crippen LogP contribution in [0.5, 0.6) is 0 Å². The van der Waals surface area contributed by atoms with Crippen molar-refractivity contribution >= 4 is 5.91 Å². The SMILES string of the molecule is CNC(=O)CN1CCC(NC2CCCOCC2)CC1. The molecule has 5 nitrogen and oxygen atoms in total. The lowest BCUT2D eigenvalue weighted by Crippen LogP contribution is -2.48. The van der Waals surface area contributed by atoms with Crippen LogP contribution in [0.3, 0.4) is 0 Å². The van der Waals surface area contributed by atoms with E-state index >= 15 is 0 Å². The summed E-state index contributed by atoms with van der Waals surface area (Å²) < 4.78 is 5.49. The molecular formula is C14H27N3O2. The van der Waals surface area contributed by atoms with Gasteiger partial charge in [0.1, 0.15) is 0 Å². The van der Waals surface area contributed by atoms with E-state index in [1.165, 1.54) is 12.8 Å². The first-order chi connectivity index (χ1) is 9.28. The molecule has 0 saturated carbocycles. The molecule has 2 heterocycles. The van der Waals surface area contributed by atoms with Crippen molar-refractivity contribution in [2.24, 2.45) is 0 Å². The summed E-state index contributed by atoms with van der Waals surface area (Å²) in [6, 6.07) is 1.24. The zero-order valence-electron chi connectivity index (χ0n) is 12.0. The van der Waals surface area contributed by atoms with E-state index in [1.54, 1.807) is 7.05 Å². The van der Waals surface area contributed by atoms with Gasteiger partial charge < -0.3 is 15.4 Å². The average molecular weight is 269 g/mol. The first-order valence-electron chi connectivity index (χ1n) is 7.54. The van der Waals surface area contributed by atoms with Crippen molar-refractivity contribution in [3.05, 3.63) is 0 Å². The van der Waals surface area contributed by atoms with Gasteiger partial charge in [-0.2, -0.15) is 0 Å². The number of carbonyl (C=O) groups is 1. The van der Waals surface area contributed by atoms with E-state index in [0.717, 1.165) is 45.6 Å². The van der Waals surface area contributed by atoms with Crippen molar-refractivity contribution in [1.82, 2.24) is 15.5 Å². The molecule has 110 valence electrons. The minimum Gasteiger partial charge on any atom is -0.381 e. The van der Waals surface area contributed by atoms with Crippen LogP contribution in [0, 0.1) is 0 Å². The summed E-state index contributed by atoms with van der Waals surface area (Å²) in [5, 5.41) is 6.46. The molecule has 19 heavy (non-hydrogen) atoms. The Labute approximate surface area is 116 Å². The number of hydrogen-bond donors (Lipinski definition) is 2. The van der Waals surface area contributed by atoms with Crippen LogP contribution in [-0.2, 0) is 9.53 Å². The minimum absolute atomic E-state index is 0.118. The van der Waals surface area contributed by atoms with Gasteiger partial charge in [-0.1, -0.05) is 0 Å². The molecule has 0 aromatic rings. The standard InChI is InChI=1S/C14H27N3O2/c1-15-14(18)11-17-7-4-13(5-8-17)16-12-3-2-9-19-10-6-12/h12-13,16H,2-11H2,1H3,(H,15,18). The largest absolute Gasteiger partial charge is 0.381 e. The first kappa shape index (κ1) is 14.8. The molecular weight excluding hydrogens is 242 g/mol. The Kier molecular flexibility index (Phi) is 6.07. The number of rotatable bonds is 4. The van der Waals surface area contributed by atoms with Crippen molar-refractivity contribution in [2.75, 3.05) is 39.9 Å². The van der Waals surface area contributed by atoms with Crippen LogP contribution in [0.4, 0.5) is 0 Å². The van der Waals surface area contributed by atoms with Gasteiger partial charge in [-0.15, -0.1) is 0 Å². The fourth-order valence-electron chi connectivity index (χ4n) is 2.94. The number of nitrogens with one attached hydrogen (secondary N) is 2. The molecule has 0 radical (unpaired) electrons. The van der Waals surface area contributed by atoms with Crippen molar-refractivity contribution in [1.29, 1.82) is 0 Å². The average Bonchev–Trinajstić information content (AvgIpc) is 2.69. The highest BCUT2D eigenvalue weighted by Crippen LogP contribution is 2.14. The molecule has 2 aliphatic heterocycles. The van der Waals surface area contributed by atoms with Gasteiger partial charge in [0.05, 0.1) is 6.54 Å². The highest BCUT2D eigenvalue weighted by Gasteiger charge is 2.23. The van der Waals surface area contributed by atoms with E-state index in [4.69, 9.17) is 4.74 Å². The number of hydrogen-bond acceptors (Lipinski definition) is 4. The lowest BCUT2D eigenvalue weighted by atomic mass is 10.0. The van der Waals surface area contributed by atoms with Gasteiger partial charge in [-0.05, 0) is 32.1 Å². The molecule has 2 aliphatic rings. The van der Waals surface area contributed by atoms with Gasteiger partial charge >= 0.3 is 0 Å². The second kappa shape index (κ2) is 7.82. The number of likely N-dealkylation sites (tertiary alicyclic amines) is 1. The van der Waals surface area contributed by atoms with Crippen LogP contribution in [0.1, 0.15) is 32.1 Å². The van der Waals surface area contributed by atoms with Gasteiger partial charge in [0.2, 0.25) is 5.91 Å². The van der Waals surface area contributed by atoms with Gasteiger partial charge in [-0.25, -0.2) is 0 Å². The van der Waals surface area contributed by atoms with Crippen LogP contribution in [0.15, 0.2) is 0 Å². The zero-order chi connectivity index (χ0) is 13.5. The van der Waals surface area contributed by atoms with Crippen molar-refractivity contribution in [2.45, 2.75) is 44.2 Å². The molecule has 2 rings (SSSR count).